The summed E-state index contributed by atoms with van der Waals surface area (Å²) in [5.41, 5.74) is 0.759. The van der Waals surface area contributed by atoms with Gasteiger partial charge in [0.1, 0.15) is 5.82 Å². The van der Waals surface area contributed by atoms with Crippen molar-refractivity contribution < 1.29 is 27.1 Å². The molecule has 2 aromatic rings. The van der Waals surface area contributed by atoms with Gasteiger partial charge in [0.2, 0.25) is 15.9 Å². The third-order valence-corrected chi connectivity index (χ3v) is 5.32. The molecule has 0 fully saturated rings. The van der Waals surface area contributed by atoms with Crippen molar-refractivity contribution in [2.45, 2.75) is 24.4 Å². The molecule has 2 rings (SSSR count). The summed E-state index contributed by atoms with van der Waals surface area (Å²) in [6.07, 6.45) is 0. The number of ether oxygens (including phenoxy) is 2. The summed E-state index contributed by atoms with van der Waals surface area (Å²) in [7, 11) is -0.909. The van der Waals surface area contributed by atoms with E-state index >= 15 is 0 Å². The number of methoxy groups -OCH3 is 2. The molecule has 0 bridgehead atoms. The summed E-state index contributed by atoms with van der Waals surface area (Å²) in [6.45, 7) is 1.60. The van der Waals surface area contributed by atoms with Gasteiger partial charge in [-0.2, -0.15) is 4.72 Å². The molecule has 146 valence electrons. The SMILES string of the molecule is COc1ccc(CNC(=O)[C@H](C)NS(=O)(=O)c2ccc(F)cc2)cc1OC. The highest BCUT2D eigenvalue weighted by Gasteiger charge is 2.22. The van der Waals surface area contributed by atoms with Crippen LogP contribution < -0.4 is 19.5 Å². The number of carbonyl (C=O) groups is 1. The average Bonchev–Trinajstić information content (AvgIpc) is 2.65. The Labute approximate surface area is 157 Å². The van der Waals surface area contributed by atoms with Gasteiger partial charge in [-0.15, -0.1) is 0 Å². The fourth-order valence-electron chi connectivity index (χ4n) is 2.30. The average molecular weight is 396 g/mol. The molecule has 1 amide bonds. The minimum atomic E-state index is -3.94. The van der Waals surface area contributed by atoms with Gasteiger partial charge in [0, 0.05) is 6.54 Å². The largest absolute Gasteiger partial charge is 0.493 e. The predicted molar refractivity (Wildman–Crippen MR) is 97.6 cm³/mol. The van der Waals surface area contributed by atoms with Gasteiger partial charge in [-0.05, 0) is 48.9 Å². The van der Waals surface area contributed by atoms with Gasteiger partial charge in [-0.3, -0.25) is 4.79 Å². The lowest BCUT2D eigenvalue weighted by molar-refractivity contribution is -0.122. The van der Waals surface area contributed by atoms with E-state index in [0.717, 1.165) is 29.8 Å². The highest BCUT2D eigenvalue weighted by Crippen LogP contribution is 2.27. The van der Waals surface area contributed by atoms with Crippen molar-refractivity contribution >= 4 is 15.9 Å². The van der Waals surface area contributed by atoms with Crippen LogP contribution in [0.2, 0.25) is 0 Å². The van der Waals surface area contributed by atoms with E-state index in [4.69, 9.17) is 9.47 Å². The Kier molecular flexibility index (Phi) is 6.75. The molecule has 0 heterocycles. The maximum atomic E-state index is 12.9. The first kappa shape index (κ1) is 20.7. The fourth-order valence-corrected chi connectivity index (χ4v) is 3.50. The van der Waals surface area contributed by atoms with Gasteiger partial charge in [0.05, 0.1) is 25.2 Å². The highest BCUT2D eigenvalue weighted by atomic mass is 32.2. The summed E-state index contributed by atoms with van der Waals surface area (Å²) in [4.78, 5) is 12.1. The maximum Gasteiger partial charge on any atom is 0.241 e. The quantitative estimate of drug-likeness (QED) is 0.710. The molecule has 0 spiro atoms. The van der Waals surface area contributed by atoms with Crippen LogP contribution in [0.25, 0.3) is 0 Å². The lowest BCUT2D eigenvalue weighted by Gasteiger charge is -2.15. The van der Waals surface area contributed by atoms with Crippen molar-refractivity contribution in [3.8, 4) is 11.5 Å². The molecule has 0 aliphatic heterocycles. The third-order valence-electron chi connectivity index (χ3n) is 3.76. The molecule has 0 aliphatic carbocycles. The number of nitrogens with one attached hydrogen (secondary N) is 2. The molecule has 0 saturated carbocycles. The minimum absolute atomic E-state index is 0.122. The van der Waals surface area contributed by atoms with E-state index in [0.29, 0.717) is 11.5 Å². The van der Waals surface area contributed by atoms with Crippen LogP contribution >= 0.6 is 0 Å². The van der Waals surface area contributed by atoms with E-state index < -0.39 is 27.8 Å². The number of benzene rings is 2. The molecule has 2 aromatic carbocycles. The summed E-state index contributed by atoms with van der Waals surface area (Å²) in [6, 6.07) is 8.51. The monoisotopic (exact) mass is 396 g/mol. The first-order chi connectivity index (χ1) is 12.8. The van der Waals surface area contributed by atoms with Gasteiger partial charge in [-0.1, -0.05) is 6.07 Å². The standard InChI is InChI=1S/C18H21FN2O5S/c1-12(21-27(23,24)15-7-5-14(19)6-8-15)18(22)20-11-13-4-9-16(25-2)17(10-13)26-3/h4-10,12,21H,11H2,1-3H3,(H,20,22)/t12-/m0/s1. The second-order valence-corrected chi connectivity index (χ2v) is 7.42. The molecule has 0 aliphatic rings. The number of hydrogen-bond donors (Lipinski definition) is 2. The summed E-state index contributed by atoms with van der Waals surface area (Å²) in [5.74, 6) is 0.0347. The van der Waals surface area contributed by atoms with E-state index in [-0.39, 0.29) is 11.4 Å². The Hall–Kier alpha value is -2.65. The number of hydrogen-bond acceptors (Lipinski definition) is 5. The van der Waals surface area contributed by atoms with E-state index in [1.807, 2.05) is 0 Å². The lowest BCUT2D eigenvalue weighted by Crippen LogP contribution is -2.44. The second-order valence-electron chi connectivity index (χ2n) is 5.70. The minimum Gasteiger partial charge on any atom is -0.493 e. The Morgan fingerprint density at radius 1 is 1.07 bits per heavy atom. The van der Waals surface area contributed by atoms with Crippen LogP contribution in [0.15, 0.2) is 47.4 Å². The molecule has 9 heteroatoms. The predicted octanol–water partition coefficient (Wildman–Crippen LogP) is 1.83. The van der Waals surface area contributed by atoms with Gasteiger partial charge in [-0.25, -0.2) is 12.8 Å². The number of halogens is 1. The highest BCUT2D eigenvalue weighted by molar-refractivity contribution is 7.89. The molecular formula is C18H21FN2O5S. The van der Waals surface area contributed by atoms with Crippen LogP contribution in [0.3, 0.4) is 0 Å². The van der Waals surface area contributed by atoms with Crippen molar-refractivity contribution in [1.29, 1.82) is 0 Å². The molecule has 2 N–H and O–H groups in total. The van der Waals surface area contributed by atoms with Crippen molar-refractivity contribution in [2.75, 3.05) is 14.2 Å². The Balaban J connectivity index is 1.98. The molecule has 1 atom stereocenters. The molecule has 0 radical (unpaired) electrons. The zero-order valence-electron chi connectivity index (χ0n) is 15.2. The number of sulfonamides is 1. The normalized spacial score (nSPS) is 12.3. The van der Waals surface area contributed by atoms with Crippen LogP contribution in [0.1, 0.15) is 12.5 Å². The van der Waals surface area contributed by atoms with Gasteiger partial charge >= 0.3 is 0 Å². The molecule has 0 saturated heterocycles. The Morgan fingerprint density at radius 2 is 1.70 bits per heavy atom. The van der Waals surface area contributed by atoms with Crippen LogP contribution in [0.4, 0.5) is 4.39 Å². The zero-order chi connectivity index (χ0) is 20.0. The first-order valence-corrected chi connectivity index (χ1v) is 9.51. The molecule has 27 heavy (non-hydrogen) atoms. The second kappa shape index (κ2) is 8.83. The van der Waals surface area contributed by atoms with Crippen LogP contribution in [0.5, 0.6) is 11.5 Å². The molecule has 0 aromatic heterocycles. The zero-order valence-corrected chi connectivity index (χ0v) is 16.0. The topological polar surface area (TPSA) is 93.7 Å². The van der Waals surface area contributed by atoms with Crippen LogP contribution in [0, 0.1) is 5.82 Å². The Morgan fingerprint density at radius 3 is 2.30 bits per heavy atom. The van der Waals surface area contributed by atoms with Crippen molar-refractivity contribution in [1.82, 2.24) is 10.0 Å². The smallest absolute Gasteiger partial charge is 0.241 e. The van der Waals surface area contributed by atoms with E-state index in [2.05, 4.69) is 10.0 Å². The lowest BCUT2D eigenvalue weighted by atomic mass is 10.2. The van der Waals surface area contributed by atoms with Crippen molar-refractivity contribution in [2.24, 2.45) is 0 Å². The van der Waals surface area contributed by atoms with Gasteiger partial charge in [0.25, 0.3) is 0 Å². The summed E-state index contributed by atoms with van der Waals surface area (Å²) in [5, 5.41) is 2.65. The summed E-state index contributed by atoms with van der Waals surface area (Å²) < 4.78 is 50.0. The van der Waals surface area contributed by atoms with Crippen molar-refractivity contribution in [3.05, 3.63) is 53.8 Å². The van der Waals surface area contributed by atoms with Crippen molar-refractivity contribution in [3.63, 3.8) is 0 Å². The van der Waals surface area contributed by atoms with E-state index in [9.17, 15) is 17.6 Å². The maximum absolute atomic E-state index is 12.9. The number of amides is 1. The van der Waals surface area contributed by atoms with E-state index in [1.165, 1.54) is 21.1 Å². The Bertz CT molecular complexity index is 900. The van der Waals surface area contributed by atoms with Crippen LogP contribution in [-0.2, 0) is 21.4 Å². The van der Waals surface area contributed by atoms with Crippen LogP contribution in [-0.4, -0.2) is 34.6 Å². The fraction of sp³-hybridized carbons (Fsp3) is 0.278. The van der Waals surface area contributed by atoms with E-state index in [1.54, 1.807) is 18.2 Å². The molecule has 0 unspecified atom stereocenters. The number of rotatable bonds is 8. The molecule has 7 nitrogen and oxygen atoms in total. The number of carbonyl (C=O) groups excluding carboxylic acids is 1. The summed E-state index contributed by atoms with van der Waals surface area (Å²) >= 11 is 0. The third kappa shape index (κ3) is 5.41. The van der Waals surface area contributed by atoms with Gasteiger partial charge in [0.15, 0.2) is 11.5 Å². The first-order valence-electron chi connectivity index (χ1n) is 8.03. The molecular weight excluding hydrogens is 375 g/mol. The van der Waals surface area contributed by atoms with Gasteiger partial charge < -0.3 is 14.8 Å².